The molecule has 7 heteroatoms. The molecule has 1 aliphatic heterocycles. The fourth-order valence-corrected chi connectivity index (χ4v) is 7.16. The quantitative estimate of drug-likeness (QED) is 0.593. The molecule has 1 N–H and O–H groups in total. The van der Waals surface area contributed by atoms with Gasteiger partial charge >= 0.3 is 5.97 Å². The minimum atomic E-state index is -1.08. The molecule has 5 nitrogen and oxygen atoms in total. The number of carboxylic acids is 1. The molecule has 1 aliphatic carbocycles. The van der Waals surface area contributed by atoms with E-state index in [1.807, 2.05) is 31.2 Å². The van der Waals surface area contributed by atoms with Gasteiger partial charge in [0, 0.05) is 12.0 Å². The highest BCUT2D eigenvalue weighted by Gasteiger charge is 2.52. The van der Waals surface area contributed by atoms with Crippen molar-refractivity contribution in [3.8, 4) is 0 Å². The van der Waals surface area contributed by atoms with Gasteiger partial charge in [0.15, 0.2) is 15.7 Å². The van der Waals surface area contributed by atoms with Crippen LogP contribution in [0.1, 0.15) is 73.2 Å². The lowest BCUT2D eigenvalue weighted by molar-refractivity contribution is 0.0680. The van der Waals surface area contributed by atoms with Crippen molar-refractivity contribution < 1.29 is 14.5 Å². The average Bonchev–Trinajstić information content (AvgIpc) is 3.02. The SMILES string of the molecule is CCc1nc(S)n(C2CC3(CCCCC3)[S+]([O-])c3ccccc32)c1C(=O)O. The number of hydrogen-bond acceptors (Lipinski definition) is 4. The number of aromatic carboxylic acids is 1. The van der Waals surface area contributed by atoms with E-state index >= 15 is 0 Å². The fraction of sp³-hybridized carbons (Fsp3) is 0.500. The maximum atomic E-state index is 13.5. The standard InChI is InChI=1S/C20H24N2O3S2/c1-2-14-17(18(23)24)22(19(26)21-14)15-12-20(10-6-3-7-11-20)27(25)16-9-5-4-8-13(15)16/h4-5,8-9,15H,2-3,6-7,10-12H2,1H3,(H,21,26)(H,23,24). The molecule has 1 aromatic carbocycles. The van der Waals surface area contributed by atoms with E-state index in [0.29, 0.717) is 23.7 Å². The molecule has 27 heavy (non-hydrogen) atoms. The Morgan fingerprint density at radius 3 is 2.74 bits per heavy atom. The van der Waals surface area contributed by atoms with Gasteiger partial charge in [0.25, 0.3) is 0 Å². The molecule has 1 aromatic heterocycles. The van der Waals surface area contributed by atoms with E-state index in [4.69, 9.17) is 0 Å². The van der Waals surface area contributed by atoms with Crippen LogP contribution in [0.15, 0.2) is 34.3 Å². The molecule has 0 amide bonds. The first kappa shape index (κ1) is 18.9. The topological polar surface area (TPSA) is 78.2 Å². The molecule has 1 saturated carbocycles. The number of imidazole rings is 1. The molecule has 2 heterocycles. The predicted molar refractivity (Wildman–Crippen MR) is 107 cm³/mol. The first-order valence-electron chi connectivity index (χ1n) is 9.52. The Balaban J connectivity index is 1.91. The predicted octanol–water partition coefficient (Wildman–Crippen LogP) is 4.24. The van der Waals surface area contributed by atoms with Crippen molar-refractivity contribution in [2.24, 2.45) is 0 Å². The molecular formula is C20H24N2O3S2. The number of rotatable bonds is 3. The molecule has 0 saturated heterocycles. The number of aromatic nitrogens is 2. The Morgan fingerprint density at radius 2 is 2.07 bits per heavy atom. The summed E-state index contributed by atoms with van der Waals surface area (Å²) >= 11 is 3.45. The van der Waals surface area contributed by atoms with Gasteiger partial charge in [-0.2, -0.15) is 0 Å². The molecular weight excluding hydrogens is 380 g/mol. The van der Waals surface area contributed by atoms with Gasteiger partial charge < -0.3 is 14.2 Å². The van der Waals surface area contributed by atoms with Crippen LogP contribution in [0.25, 0.3) is 0 Å². The number of fused-ring (bicyclic) bond motifs is 1. The first-order valence-corrected chi connectivity index (χ1v) is 11.1. The maximum Gasteiger partial charge on any atom is 0.354 e. The van der Waals surface area contributed by atoms with Crippen molar-refractivity contribution in [3.63, 3.8) is 0 Å². The van der Waals surface area contributed by atoms with Gasteiger partial charge in [-0.3, -0.25) is 0 Å². The molecule has 2 aliphatic rings. The van der Waals surface area contributed by atoms with Crippen LogP contribution in [0.2, 0.25) is 0 Å². The number of thiol groups is 1. The Morgan fingerprint density at radius 1 is 1.37 bits per heavy atom. The summed E-state index contributed by atoms with van der Waals surface area (Å²) in [4.78, 5) is 17.3. The van der Waals surface area contributed by atoms with Gasteiger partial charge in [-0.25, -0.2) is 9.78 Å². The number of aryl methyl sites for hydroxylation is 1. The molecule has 144 valence electrons. The van der Waals surface area contributed by atoms with E-state index in [-0.39, 0.29) is 16.5 Å². The van der Waals surface area contributed by atoms with Gasteiger partial charge in [-0.1, -0.05) is 31.5 Å². The van der Waals surface area contributed by atoms with E-state index in [1.54, 1.807) is 4.57 Å². The normalized spacial score (nSPS) is 24.0. The summed E-state index contributed by atoms with van der Waals surface area (Å²) in [6, 6.07) is 7.55. The lowest BCUT2D eigenvalue weighted by Crippen LogP contribution is -2.46. The largest absolute Gasteiger partial charge is 0.611 e. The Bertz CT molecular complexity index is 874. The zero-order valence-corrected chi connectivity index (χ0v) is 17.1. The van der Waals surface area contributed by atoms with Gasteiger partial charge in [0.2, 0.25) is 0 Å². The molecule has 0 bridgehead atoms. The zero-order chi connectivity index (χ0) is 19.2. The van der Waals surface area contributed by atoms with Crippen LogP contribution < -0.4 is 0 Å². The molecule has 0 radical (unpaired) electrons. The van der Waals surface area contributed by atoms with E-state index in [0.717, 1.165) is 36.1 Å². The maximum absolute atomic E-state index is 13.5. The molecule has 1 fully saturated rings. The van der Waals surface area contributed by atoms with Gasteiger partial charge in [-0.15, -0.1) is 12.6 Å². The molecule has 4 rings (SSSR count). The van der Waals surface area contributed by atoms with Crippen molar-refractivity contribution in [3.05, 3.63) is 41.2 Å². The van der Waals surface area contributed by atoms with Crippen molar-refractivity contribution >= 4 is 29.8 Å². The second-order valence-corrected chi connectivity index (χ2v) is 9.75. The van der Waals surface area contributed by atoms with Gasteiger partial charge in [-0.05, 0) is 49.3 Å². The number of carboxylic acid groups (broad SMARTS) is 1. The third-order valence-corrected chi connectivity index (χ3v) is 8.46. The molecule has 1 spiro atoms. The van der Waals surface area contributed by atoms with Crippen LogP contribution in [0.5, 0.6) is 0 Å². The molecule has 2 atom stereocenters. The highest BCUT2D eigenvalue weighted by atomic mass is 32.2. The van der Waals surface area contributed by atoms with Crippen molar-refractivity contribution in [2.45, 2.75) is 72.7 Å². The summed E-state index contributed by atoms with van der Waals surface area (Å²) in [6.45, 7) is 1.90. The van der Waals surface area contributed by atoms with Crippen molar-refractivity contribution in [1.29, 1.82) is 0 Å². The highest BCUT2D eigenvalue weighted by molar-refractivity contribution is 7.93. The summed E-state index contributed by atoms with van der Waals surface area (Å²) in [5, 5.41) is 10.3. The first-order chi connectivity index (χ1) is 13.0. The van der Waals surface area contributed by atoms with Crippen LogP contribution in [0, 0.1) is 0 Å². The van der Waals surface area contributed by atoms with Gasteiger partial charge in [0.05, 0.1) is 11.7 Å². The van der Waals surface area contributed by atoms with E-state index < -0.39 is 17.1 Å². The summed E-state index contributed by atoms with van der Waals surface area (Å²) < 4.78 is 15.0. The number of nitrogens with zero attached hydrogens (tertiary/aromatic N) is 2. The van der Waals surface area contributed by atoms with Crippen LogP contribution in [0.4, 0.5) is 0 Å². The Labute approximate surface area is 167 Å². The Hall–Kier alpha value is -1.44. The highest BCUT2D eigenvalue weighted by Crippen LogP contribution is 2.51. The average molecular weight is 405 g/mol. The smallest absolute Gasteiger partial charge is 0.354 e. The molecule has 2 unspecified atom stereocenters. The number of benzene rings is 1. The molecule has 2 aromatic rings. The van der Waals surface area contributed by atoms with Crippen LogP contribution >= 0.6 is 12.6 Å². The fourth-order valence-electron chi connectivity index (χ4n) is 4.75. The minimum Gasteiger partial charge on any atom is -0.611 e. The zero-order valence-electron chi connectivity index (χ0n) is 15.4. The number of carbonyl (C=O) groups is 1. The van der Waals surface area contributed by atoms with Crippen molar-refractivity contribution in [1.82, 2.24) is 9.55 Å². The van der Waals surface area contributed by atoms with Crippen LogP contribution in [-0.4, -0.2) is 29.9 Å². The minimum absolute atomic E-state index is 0.205. The third kappa shape index (κ3) is 3.00. The monoisotopic (exact) mass is 404 g/mol. The van der Waals surface area contributed by atoms with E-state index in [1.165, 1.54) is 6.42 Å². The Kier molecular flexibility index (Phi) is 5.03. The van der Waals surface area contributed by atoms with Crippen molar-refractivity contribution in [2.75, 3.05) is 0 Å². The third-order valence-electron chi connectivity index (χ3n) is 6.01. The second-order valence-electron chi connectivity index (χ2n) is 7.51. The second kappa shape index (κ2) is 7.18. The lowest BCUT2D eigenvalue weighted by Gasteiger charge is -2.45. The number of hydrogen-bond donors (Lipinski definition) is 2. The van der Waals surface area contributed by atoms with Gasteiger partial charge in [0.1, 0.15) is 4.75 Å². The van der Waals surface area contributed by atoms with Crippen LogP contribution in [-0.2, 0) is 17.6 Å². The summed E-state index contributed by atoms with van der Waals surface area (Å²) in [5.41, 5.74) is 1.69. The van der Waals surface area contributed by atoms with E-state index in [9.17, 15) is 14.5 Å². The van der Waals surface area contributed by atoms with E-state index in [2.05, 4.69) is 17.6 Å². The lowest BCUT2D eigenvalue weighted by atomic mass is 9.81. The summed E-state index contributed by atoms with van der Waals surface area (Å²) in [7, 11) is 0. The van der Waals surface area contributed by atoms with Crippen LogP contribution in [0.3, 0.4) is 0 Å². The summed E-state index contributed by atoms with van der Waals surface area (Å²) in [6.07, 6.45) is 6.37. The summed E-state index contributed by atoms with van der Waals surface area (Å²) in [5.74, 6) is -0.985.